The molecule has 0 radical (unpaired) electrons. The largest absolute Gasteiger partial charge is 0.339 e. The fourth-order valence-electron chi connectivity index (χ4n) is 2.32. The molecule has 7 heteroatoms. The van der Waals surface area contributed by atoms with Gasteiger partial charge in [-0.2, -0.15) is 4.31 Å². The summed E-state index contributed by atoms with van der Waals surface area (Å²) in [6.07, 6.45) is 6.78. The van der Waals surface area contributed by atoms with Gasteiger partial charge in [-0.1, -0.05) is 12.8 Å². The van der Waals surface area contributed by atoms with Gasteiger partial charge < -0.3 is 4.57 Å². The highest BCUT2D eigenvalue weighted by molar-refractivity contribution is 7.89. The van der Waals surface area contributed by atoms with Crippen LogP contribution in [0.5, 0.6) is 0 Å². The topological polar surface area (TPSA) is 55.2 Å². The van der Waals surface area contributed by atoms with Crippen LogP contribution in [-0.4, -0.2) is 40.7 Å². The molecule has 5 nitrogen and oxygen atoms in total. The number of aromatic nitrogens is 2. The lowest BCUT2D eigenvalue weighted by Gasteiger charge is -2.33. The second-order valence-electron chi connectivity index (χ2n) is 4.77. The third-order valence-corrected chi connectivity index (χ3v) is 5.72. The van der Waals surface area contributed by atoms with Gasteiger partial charge in [-0.3, -0.25) is 0 Å². The van der Waals surface area contributed by atoms with E-state index in [1.807, 2.05) is 0 Å². The van der Waals surface area contributed by atoms with Crippen molar-refractivity contribution in [1.82, 2.24) is 13.9 Å². The molecule has 0 bridgehead atoms. The molecule has 1 aromatic heterocycles. The Labute approximate surface area is 113 Å². The summed E-state index contributed by atoms with van der Waals surface area (Å²) >= 11 is 6.24. The highest BCUT2D eigenvalue weighted by Gasteiger charge is 2.35. The van der Waals surface area contributed by atoms with Crippen LogP contribution in [0.3, 0.4) is 0 Å². The molecule has 0 aromatic carbocycles. The van der Waals surface area contributed by atoms with Crippen LogP contribution in [-0.2, 0) is 17.1 Å². The van der Waals surface area contributed by atoms with E-state index in [2.05, 4.69) is 4.98 Å². The summed E-state index contributed by atoms with van der Waals surface area (Å²) in [6.45, 7) is 0. The molecule has 1 saturated carbocycles. The molecule has 18 heavy (non-hydrogen) atoms. The summed E-state index contributed by atoms with van der Waals surface area (Å²) in [5, 5.41) is -0.0239. The molecule has 2 atom stereocenters. The van der Waals surface area contributed by atoms with Gasteiger partial charge in [-0.05, 0) is 12.8 Å². The molecule has 1 aromatic rings. The third-order valence-electron chi connectivity index (χ3n) is 3.44. The maximum atomic E-state index is 12.4. The maximum absolute atomic E-state index is 12.4. The average Bonchev–Trinajstić information content (AvgIpc) is 2.76. The van der Waals surface area contributed by atoms with Crippen molar-refractivity contribution in [3.63, 3.8) is 0 Å². The molecule has 1 heterocycles. The SMILES string of the molecule is CN(C1CCCCC1Cl)S(=O)(=O)c1cn(C)cn1. The fourth-order valence-corrected chi connectivity index (χ4v) is 4.22. The lowest BCUT2D eigenvalue weighted by molar-refractivity contribution is 0.290. The van der Waals surface area contributed by atoms with Crippen LogP contribution in [0.1, 0.15) is 25.7 Å². The van der Waals surface area contributed by atoms with Gasteiger partial charge in [0, 0.05) is 26.3 Å². The monoisotopic (exact) mass is 291 g/mol. The van der Waals surface area contributed by atoms with Crippen molar-refractivity contribution in [3.8, 4) is 0 Å². The van der Waals surface area contributed by atoms with Crippen LogP contribution in [0.25, 0.3) is 0 Å². The molecule has 2 unspecified atom stereocenters. The van der Waals surface area contributed by atoms with E-state index in [1.165, 1.54) is 16.8 Å². The van der Waals surface area contributed by atoms with Gasteiger partial charge in [0.1, 0.15) is 0 Å². The Morgan fingerprint density at radius 3 is 2.67 bits per heavy atom. The van der Waals surface area contributed by atoms with Gasteiger partial charge in [0.15, 0.2) is 5.03 Å². The quantitative estimate of drug-likeness (QED) is 0.795. The third kappa shape index (κ3) is 2.55. The van der Waals surface area contributed by atoms with E-state index in [-0.39, 0.29) is 16.4 Å². The molecule has 1 aliphatic rings. The van der Waals surface area contributed by atoms with Gasteiger partial charge >= 0.3 is 0 Å². The Kier molecular flexibility index (Phi) is 3.99. The molecule has 0 spiro atoms. The molecular weight excluding hydrogens is 274 g/mol. The molecular formula is C11H18ClN3O2S. The van der Waals surface area contributed by atoms with E-state index in [0.717, 1.165) is 25.7 Å². The number of hydrogen-bond acceptors (Lipinski definition) is 3. The predicted octanol–water partition coefficient (Wildman–Crippen LogP) is 1.59. The van der Waals surface area contributed by atoms with Crippen molar-refractivity contribution in [2.75, 3.05) is 7.05 Å². The summed E-state index contributed by atoms with van der Waals surface area (Å²) in [4.78, 5) is 3.92. The molecule has 0 saturated heterocycles. The van der Waals surface area contributed by atoms with Gasteiger partial charge in [0.25, 0.3) is 10.0 Å². The minimum Gasteiger partial charge on any atom is -0.339 e. The fraction of sp³-hybridized carbons (Fsp3) is 0.727. The Bertz CT molecular complexity index is 514. The van der Waals surface area contributed by atoms with E-state index < -0.39 is 10.0 Å². The Morgan fingerprint density at radius 1 is 1.44 bits per heavy atom. The summed E-state index contributed by atoms with van der Waals surface area (Å²) in [5.41, 5.74) is 0. The van der Waals surface area contributed by atoms with Crippen LogP contribution in [0.15, 0.2) is 17.6 Å². The summed E-state index contributed by atoms with van der Waals surface area (Å²) < 4.78 is 27.8. The predicted molar refractivity (Wildman–Crippen MR) is 70.1 cm³/mol. The number of alkyl halides is 1. The molecule has 1 aliphatic carbocycles. The van der Waals surface area contributed by atoms with Crippen molar-refractivity contribution in [2.45, 2.75) is 42.1 Å². The van der Waals surface area contributed by atoms with Crippen molar-refractivity contribution >= 4 is 21.6 Å². The minimum atomic E-state index is -3.53. The lowest BCUT2D eigenvalue weighted by Crippen LogP contribution is -2.44. The Morgan fingerprint density at radius 2 is 2.11 bits per heavy atom. The number of hydrogen-bond donors (Lipinski definition) is 0. The minimum absolute atomic E-state index is 0.0851. The van der Waals surface area contributed by atoms with Gasteiger partial charge in [-0.25, -0.2) is 13.4 Å². The summed E-state index contributed by atoms with van der Waals surface area (Å²) in [7, 11) is -0.194. The van der Waals surface area contributed by atoms with Crippen molar-refractivity contribution in [3.05, 3.63) is 12.5 Å². The maximum Gasteiger partial charge on any atom is 0.262 e. The number of halogens is 1. The molecule has 102 valence electrons. The first kappa shape index (κ1) is 13.8. The van der Waals surface area contributed by atoms with E-state index in [1.54, 1.807) is 18.7 Å². The molecule has 2 rings (SSSR count). The summed E-state index contributed by atoms with van der Waals surface area (Å²) in [6, 6.07) is -0.132. The van der Waals surface area contributed by atoms with Crippen molar-refractivity contribution in [1.29, 1.82) is 0 Å². The molecule has 1 fully saturated rings. The Hall–Kier alpha value is -0.590. The average molecular weight is 292 g/mol. The lowest BCUT2D eigenvalue weighted by atomic mass is 9.95. The van der Waals surface area contributed by atoms with E-state index in [0.29, 0.717) is 0 Å². The van der Waals surface area contributed by atoms with Crippen molar-refractivity contribution < 1.29 is 8.42 Å². The zero-order valence-corrected chi connectivity index (χ0v) is 12.2. The zero-order chi connectivity index (χ0) is 13.3. The van der Waals surface area contributed by atoms with Crippen LogP contribution in [0.2, 0.25) is 0 Å². The van der Waals surface area contributed by atoms with Gasteiger partial charge in [-0.15, -0.1) is 11.6 Å². The highest BCUT2D eigenvalue weighted by Crippen LogP contribution is 2.29. The van der Waals surface area contributed by atoms with Crippen molar-refractivity contribution in [2.24, 2.45) is 7.05 Å². The highest BCUT2D eigenvalue weighted by atomic mass is 35.5. The Balaban J connectivity index is 2.24. The van der Waals surface area contributed by atoms with E-state index in [4.69, 9.17) is 11.6 Å². The van der Waals surface area contributed by atoms with Crippen LogP contribution in [0, 0.1) is 0 Å². The number of sulfonamides is 1. The number of rotatable bonds is 3. The normalized spacial score (nSPS) is 25.6. The second-order valence-corrected chi connectivity index (χ2v) is 7.27. The molecule has 0 aliphatic heterocycles. The smallest absolute Gasteiger partial charge is 0.262 e. The molecule has 0 amide bonds. The summed E-state index contributed by atoms with van der Waals surface area (Å²) in [5.74, 6) is 0. The van der Waals surface area contributed by atoms with E-state index >= 15 is 0 Å². The number of aryl methyl sites for hydroxylation is 1. The van der Waals surface area contributed by atoms with Crippen LogP contribution < -0.4 is 0 Å². The van der Waals surface area contributed by atoms with Gasteiger partial charge in [0.05, 0.1) is 11.7 Å². The standard InChI is InChI=1S/C11H18ClN3O2S/c1-14-7-11(13-8-14)18(16,17)15(2)10-6-4-3-5-9(10)12/h7-10H,3-6H2,1-2H3. The van der Waals surface area contributed by atoms with Gasteiger partial charge in [0.2, 0.25) is 0 Å². The number of imidazole rings is 1. The second kappa shape index (κ2) is 5.19. The van der Waals surface area contributed by atoms with E-state index in [9.17, 15) is 8.42 Å². The first-order valence-electron chi connectivity index (χ1n) is 6.03. The van der Waals surface area contributed by atoms with Crippen LogP contribution in [0.4, 0.5) is 0 Å². The molecule has 0 N–H and O–H groups in total. The zero-order valence-electron chi connectivity index (χ0n) is 10.6. The van der Waals surface area contributed by atoms with Crippen LogP contribution >= 0.6 is 11.6 Å². The first-order valence-corrected chi connectivity index (χ1v) is 7.90. The number of nitrogens with zero attached hydrogens (tertiary/aromatic N) is 3. The first-order chi connectivity index (χ1) is 8.43.